The average molecular weight is 1790 g/mol. The van der Waals surface area contributed by atoms with Gasteiger partial charge in [0.2, 0.25) is 88.6 Å². The first-order chi connectivity index (χ1) is 60.4. The lowest BCUT2D eigenvalue weighted by Gasteiger charge is -2.28. The van der Waals surface area contributed by atoms with Crippen molar-refractivity contribution in [2.45, 2.75) is 301 Å². The van der Waals surface area contributed by atoms with Crippen LogP contribution in [-0.4, -0.2) is 305 Å². The van der Waals surface area contributed by atoms with Crippen LogP contribution < -0.4 is 116 Å². The van der Waals surface area contributed by atoms with Crippen LogP contribution in [0.25, 0.3) is 0 Å². The lowest BCUT2D eigenvalue weighted by atomic mass is 9.95. The Morgan fingerprint density at radius 2 is 0.452 bits per heavy atom. The highest BCUT2D eigenvalue weighted by Crippen LogP contribution is 2.16. The first-order valence-electron chi connectivity index (χ1n) is 45.9. The first kappa shape index (κ1) is 117. The van der Waals surface area contributed by atoms with Gasteiger partial charge in [0.05, 0.1) is 56.8 Å². The molecule has 42 nitrogen and oxygen atoms in total. The minimum Gasteiger partial charge on any atom is -0.353 e. The van der Waals surface area contributed by atoms with Gasteiger partial charge in [-0.3, -0.25) is 81.5 Å². The van der Waals surface area contributed by atoms with Crippen LogP contribution in [0.2, 0.25) is 0 Å². The summed E-state index contributed by atoms with van der Waals surface area (Å²) >= 11 is 0. The molecule has 0 saturated carbocycles. The van der Waals surface area contributed by atoms with E-state index in [1.807, 2.05) is 6.92 Å². The van der Waals surface area contributed by atoms with Crippen LogP contribution in [-0.2, 0) is 81.5 Å². The molecule has 0 fully saturated rings. The maximum absolute atomic E-state index is 14.7. The van der Waals surface area contributed by atoms with Gasteiger partial charge in [0.1, 0.15) is 30.2 Å². The van der Waals surface area contributed by atoms with Crippen molar-refractivity contribution >= 4 is 100 Å². The van der Waals surface area contributed by atoms with Gasteiger partial charge in [-0.2, -0.15) is 0 Å². The van der Waals surface area contributed by atoms with E-state index in [-0.39, 0.29) is 175 Å². The van der Waals surface area contributed by atoms with E-state index < -0.39 is 175 Å². The van der Waals surface area contributed by atoms with E-state index in [2.05, 4.69) is 58.5 Å². The summed E-state index contributed by atoms with van der Waals surface area (Å²) in [5.74, 6) is -10.4. The molecule has 15 amide bonds. The highest BCUT2D eigenvalue weighted by molar-refractivity contribution is 6.06. The van der Waals surface area contributed by atoms with E-state index in [0.717, 1.165) is 24.2 Å². The SMILES string of the molecule is CCCCC[C@@H](N)C(=O)N[C@H](CCCCN)C(=O)N[C@H](CCCCN)C(=O)N[C@H](CCCCN)C(=O)N[C@H](CCCCN)C(=O)N[C@H](CCCCN)C(=O)N[C@H](CCCCN)C(=O)CC(=O)[C@H](CCCCN)NC(=O)CN(CCNC(=O)CN(CCNC(=O)CN(CCNC(=O)CN(CCNC(=O)[C@@H](N)CCCCN)C(=O)CC)C(=O)CC)C(=O)CC)C(=O)CC. The molecule has 0 aromatic rings. The number of nitrogens with zero attached hydrogens (tertiary/aromatic N) is 4. The maximum atomic E-state index is 14.7. The molecule has 31 N–H and O–H groups in total. The Morgan fingerprint density at radius 1 is 0.238 bits per heavy atom. The van der Waals surface area contributed by atoms with Gasteiger partial charge in [-0.25, -0.2) is 0 Å². The Morgan fingerprint density at radius 3 is 0.714 bits per heavy atom. The van der Waals surface area contributed by atoms with E-state index in [4.69, 9.17) is 57.3 Å². The molecule has 0 saturated heterocycles. The van der Waals surface area contributed by atoms with Crippen LogP contribution in [0.3, 0.4) is 0 Å². The summed E-state index contributed by atoms with van der Waals surface area (Å²) < 4.78 is 0. The van der Waals surface area contributed by atoms with Gasteiger partial charge in [0, 0.05) is 78.0 Å². The first-order valence-corrected chi connectivity index (χ1v) is 45.9. The van der Waals surface area contributed by atoms with Crippen LogP contribution in [0.1, 0.15) is 247 Å². The van der Waals surface area contributed by atoms with Crippen LogP contribution in [0.5, 0.6) is 0 Å². The predicted molar refractivity (Wildman–Crippen MR) is 481 cm³/mol. The van der Waals surface area contributed by atoms with Gasteiger partial charge in [-0.15, -0.1) is 0 Å². The number of nitrogens with two attached hydrogens (primary N) is 10. The second kappa shape index (κ2) is 73.0. The standard InChI is InChI=1S/C84H161N25O17/c1-6-11-12-29-60(94)79(121)101-63(33-16-24-41-88)81(123)103-65(35-18-26-43-90)83(125)105-67(37-20-28-45-92)84(126)104-66(36-19-27-44-91)82(124)102-64(34-17-25-42-89)80(122)100-62(32-15-23-40-87)69(111)54-68(110)61(31-14-22-39-86)99-73(115)58-109(77(119)10-5)52-48-97-71(113)56-107(75(117)8-3)50-46-95-70(112)55-106(74(116)7-2)51-47-96-72(114)57-108(76(118)9-4)53-49-98-78(120)59(93)30-13-21-38-85/h59-67H,6-58,85-94H2,1-5H3,(H,95,112)(H,96,114)(H,97,113)(H,98,120)(H,99,115)(H,100,122)(H,101,121)(H,102,124)(H,103,123)(H,104,126)(H,105,125)/t59-,60+,61-,62+,63+,64+,65+,66+,67+/m0/s1. The summed E-state index contributed by atoms with van der Waals surface area (Å²) in [6, 6.07) is -10.4. The highest BCUT2D eigenvalue weighted by atomic mass is 16.2. The lowest BCUT2D eigenvalue weighted by Crippen LogP contribution is -2.59. The van der Waals surface area contributed by atoms with Crippen LogP contribution in [0.15, 0.2) is 0 Å². The quantitative estimate of drug-likeness (QED) is 0.0202. The van der Waals surface area contributed by atoms with E-state index in [1.165, 1.54) is 14.7 Å². The van der Waals surface area contributed by atoms with Crippen molar-refractivity contribution in [1.82, 2.24) is 78.1 Å². The molecule has 0 radical (unpaired) electrons. The van der Waals surface area contributed by atoms with Gasteiger partial charge < -0.3 is 135 Å². The Bertz CT molecular complexity index is 3240. The summed E-state index contributed by atoms with van der Waals surface area (Å²) in [6.07, 6.45) is 10.1. The van der Waals surface area contributed by atoms with Crippen LogP contribution >= 0.6 is 0 Å². The summed E-state index contributed by atoms with van der Waals surface area (Å²) in [4.78, 5) is 238. The summed E-state index contributed by atoms with van der Waals surface area (Å²) in [6.45, 7) is 8.10. The van der Waals surface area contributed by atoms with E-state index in [9.17, 15) is 81.5 Å². The van der Waals surface area contributed by atoms with Gasteiger partial charge in [0.25, 0.3) is 0 Å². The molecule has 0 bridgehead atoms. The number of carbonyl (C=O) groups is 17. The fourth-order valence-electron chi connectivity index (χ4n) is 13.5. The Balaban J connectivity index is 6.58. The van der Waals surface area contributed by atoms with Gasteiger partial charge >= 0.3 is 0 Å². The van der Waals surface area contributed by atoms with Gasteiger partial charge in [0.15, 0.2) is 11.6 Å². The summed E-state index contributed by atoms with van der Waals surface area (Å²) in [5.41, 5.74) is 58.7. The molecule has 9 atom stereocenters. The number of hydrogen-bond acceptors (Lipinski definition) is 27. The third kappa shape index (κ3) is 52.9. The van der Waals surface area contributed by atoms with Gasteiger partial charge in [-0.05, 0) is 206 Å². The molecule has 0 unspecified atom stereocenters. The van der Waals surface area contributed by atoms with Crippen molar-refractivity contribution in [2.75, 3.05) is 131 Å². The predicted octanol–water partition coefficient (Wildman–Crippen LogP) is -4.41. The smallest absolute Gasteiger partial charge is 0.243 e. The molecule has 0 spiro atoms. The number of Topliss-reactive ketones (excluding diaryl/α,β-unsaturated/α-hetero) is 2. The van der Waals surface area contributed by atoms with Crippen LogP contribution in [0.4, 0.5) is 0 Å². The number of rotatable bonds is 78. The maximum Gasteiger partial charge on any atom is 0.243 e. The third-order valence-corrected chi connectivity index (χ3v) is 21.1. The molecule has 0 aliphatic rings. The highest BCUT2D eigenvalue weighted by Gasteiger charge is 2.36. The number of unbranched alkanes of at least 4 members (excludes halogenated alkanes) is 10. The van der Waals surface area contributed by atoms with Crippen molar-refractivity contribution in [3.05, 3.63) is 0 Å². The average Bonchev–Trinajstić information content (AvgIpc) is 0.856. The molecule has 0 aliphatic heterocycles. The number of carbonyl (C=O) groups excluding carboxylic acids is 17. The molecule has 0 aromatic heterocycles. The van der Waals surface area contributed by atoms with E-state index >= 15 is 0 Å². The van der Waals surface area contributed by atoms with Crippen molar-refractivity contribution in [3.8, 4) is 0 Å². The summed E-state index contributed by atoms with van der Waals surface area (Å²) in [7, 11) is 0. The molecule has 0 heterocycles. The fraction of sp³-hybridized carbons (Fsp3) is 0.798. The van der Waals surface area contributed by atoms with Crippen molar-refractivity contribution in [3.63, 3.8) is 0 Å². The normalized spacial score (nSPS) is 13.2. The number of nitrogens with one attached hydrogen (secondary N) is 11. The Labute approximate surface area is 745 Å². The molecule has 126 heavy (non-hydrogen) atoms. The molecule has 724 valence electrons. The fourth-order valence-corrected chi connectivity index (χ4v) is 13.5. The topological polar surface area (TPSA) is 696 Å². The molecular weight excluding hydrogens is 1630 g/mol. The minimum atomic E-state index is -1.34. The zero-order valence-electron chi connectivity index (χ0n) is 76.2. The van der Waals surface area contributed by atoms with Crippen LogP contribution in [0, 0.1) is 0 Å². The zero-order chi connectivity index (χ0) is 94.6. The minimum absolute atomic E-state index is 0.00801. The molecular formula is C84H161N25O17. The second-order valence-electron chi connectivity index (χ2n) is 31.6. The van der Waals surface area contributed by atoms with E-state index in [0.29, 0.717) is 129 Å². The molecule has 0 aromatic carbocycles. The Kier molecular flexibility index (Phi) is 67.7. The third-order valence-electron chi connectivity index (χ3n) is 21.1. The lowest BCUT2D eigenvalue weighted by molar-refractivity contribution is -0.138. The number of amides is 15. The van der Waals surface area contributed by atoms with Crippen molar-refractivity contribution in [1.29, 1.82) is 0 Å². The van der Waals surface area contributed by atoms with Gasteiger partial charge in [-0.1, -0.05) is 60.3 Å². The summed E-state index contributed by atoms with van der Waals surface area (Å²) in [5, 5.41) is 30.1. The van der Waals surface area contributed by atoms with E-state index in [1.54, 1.807) is 27.7 Å². The molecule has 42 heteroatoms. The molecule has 0 rings (SSSR count). The largest absolute Gasteiger partial charge is 0.353 e. The second-order valence-corrected chi connectivity index (χ2v) is 31.6. The molecule has 0 aliphatic carbocycles. The Hall–Kier alpha value is -9.01. The monoisotopic (exact) mass is 1790 g/mol. The van der Waals surface area contributed by atoms with Crippen molar-refractivity contribution < 1.29 is 81.5 Å². The number of ketones is 2. The number of hydrogen-bond donors (Lipinski definition) is 21. The zero-order valence-corrected chi connectivity index (χ0v) is 76.2. The van der Waals surface area contributed by atoms with Crippen molar-refractivity contribution in [2.24, 2.45) is 57.3 Å².